The van der Waals surface area contributed by atoms with Gasteiger partial charge in [0, 0.05) is 0 Å². The van der Waals surface area contributed by atoms with E-state index in [-0.39, 0.29) is 24.8 Å². The van der Waals surface area contributed by atoms with Crippen LogP contribution in [0.4, 0.5) is 0 Å². The van der Waals surface area contributed by atoms with Crippen molar-refractivity contribution in [2.45, 2.75) is 16.5 Å². The summed E-state index contributed by atoms with van der Waals surface area (Å²) >= 11 is 1.34. The summed E-state index contributed by atoms with van der Waals surface area (Å²) in [6.07, 6.45) is 18.9. The van der Waals surface area contributed by atoms with Gasteiger partial charge in [0.1, 0.15) is 0 Å². The van der Waals surface area contributed by atoms with Gasteiger partial charge in [-0.2, -0.15) is 0 Å². The Labute approximate surface area is 131 Å². The normalized spacial score (nSPS) is 37.2. The molecule has 4 atom stereocenters. The molecule has 17 heavy (non-hydrogen) atoms. The van der Waals surface area contributed by atoms with Gasteiger partial charge in [0.2, 0.25) is 0 Å². The molecule has 1 fully saturated rings. The number of halogens is 2. The summed E-state index contributed by atoms with van der Waals surface area (Å²) in [5.41, 5.74) is 1.70. The minimum atomic E-state index is 0. The molecule has 0 saturated heterocycles. The van der Waals surface area contributed by atoms with Crippen LogP contribution < -0.4 is 24.8 Å². The van der Waals surface area contributed by atoms with E-state index in [9.17, 15) is 0 Å². The van der Waals surface area contributed by atoms with E-state index in [1.54, 1.807) is 5.57 Å². The summed E-state index contributed by atoms with van der Waals surface area (Å²) in [5.74, 6) is 2.58. The number of fused-ring (bicyclic) bond motifs is 1. The topological polar surface area (TPSA) is 0 Å². The molecule has 0 heterocycles. The molecule has 3 rings (SSSR count). The van der Waals surface area contributed by atoms with Crippen LogP contribution in [0.15, 0.2) is 48.1 Å². The predicted molar refractivity (Wildman–Crippen MR) is 59.0 cm³/mol. The fourth-order valence-electron chi connectivity index (χ4n) is 3.12. The van der Waals surface area contributed by atoms with Gasteiger partial charge < -0.3 is 24.8 Å². The van der Waals surface area contributed by atoms with Gasteiger partial charge in [-0.1, -0.05) is 0 Å². The zero-order valence-electron chi connectivity index (χ0n) is 9.52. The zero-order valence-corrected chi connectivity index (χ0v) is 14.6. The minimum absolute atomic E-state index is 0. The van der Waals surface area contributed by atoms with Crippen molar-refractivity contribution in [1.29, 1.82) is 0 Å². The van der Waals surface area contributed by atoms with E-state index >= 15 is 0 Å². The van der Waals surface area contributed by atoms with Crippen LogP contribution in [0, 0.1) is 17.8 Å². The fourth-order valence-corrected chi connectivity index (χ4v) is 5.67. The summed E-state index contributed by atoms with van der Waals surface area (Å²) in [4.78, 5) is 0. The molecule has 0 aromatic carbocycles. The van der Waals surface area contributed by atoms with Crippen molar-refractivity contribution in [1.82, 2.24) is 0 Å². The molecule has 3 aliphatic rings. The summed E-state index contributed by atoms with van der Waals surface area (Å²) in [7, 11) is 0. The molecule has 3 aliphatic carbocycles. The molecule has 0 aliphatic heterocycles. The van der Waals surface area contributed by atoms with Crippen LogP contribution >= 0.6 is 0 Å². The van der Waals surface area contributed by atoms with Crippen molar-refractivity contribution in [3.63, 3.8) is 0 Å². The van der Waals surface area contributed by atoms with Crippen molar-refractivity contribution >= 4 is 0 Å². The van der Waals surface area contributed by atoms with Gasteiger partial charge in [-0.15, -0.1) is 0 Å². The first-order valence-electron chi connectivity index (χ1n) is 5.78. The Hall–Kier alpha value is 0.410. The molecule has 0 radical (unpaired) electrons. The van der Waals surface area contributed by atoms with Crippen LogP contribution in [0.2, 0.25) is 3.67 Å². The molecule has 0 spiro atoms. The predicted octanol–water partition coefficient (Wildman–Crippen LogP) is -2.41. The van der Waals surface area contributed by atoms with E-state index in [2.05, 4.69) is 42.5 Å². The number of hydrogen-bond donors (Lipinski definition) is 0. The van der Waals surface area contributed by atoms with E-state index in [0.717, 1.165) is 21.4 Å². The van der Waals surface area contributed by atoms with Gasteiger partial charge in [-0.25, -0.2) is 0 Å². The van der Waals surface area contributed by atoms with Gasteiger partial charge in [-0.3, -0.25) is 0 Å². The van der Waals surface area contributed by atoms with E-state index in [1.807, 2.05) is 0 Å². The average Bonchev–Trinajstić information content (AvgIpc) is 2.87. The number of allylic oxidation sites excluding steroid dienone is 8. The summed E-state index contributed by atoms with van der Waals surface area (Å²) in [6.45, 7) is 0. The Morgan fingerprint density at radius 2 is 1.82 bits per heavy atom. The summed E-state index contributed by atoms with van der Waals surface area (Å²) < 4.78 is 0.961. The third-order valence-corrected chi connectivity index (χ3v) is 6.78. The van der Waals surface area contributed by atoms with E-state index in [0.29, 0.717) is 0 Å². The van der Waals surface area contributed by atoms with Crippen molar-refractivity contribution in [3.05, 3.63) is 48.1 Å². The van der Waals surface area contributed by atoms with E-state index in [4.69, 9.17) is 0 Å². The molecule has 0 aromatic rings. The van der Waals surface area contributed by atoms with Crippen molar-refractivity contribution in [3.8, 4) is 0 Å². The molecule has 89 valence electrons. The monoisotopic (exact) mass is 433 g/mol. The van der Waals surface area contributed by atoms with Crippen molar-refractivity contribution in [2.75, 3.05) is 0 Å². The number of hydrogen-bond acceptors (Lipinski definition) is 0. The van der Waals surface area contributed by atoms with Crippen LogP contribution in [0.3, 0.4) is 0 Å². The molecular weight excluding hydrogens is 418 g/mol. The fraction of sp³-hybridized carbons (Fsp3) is 0.429. The van der Waals surface area contributed by atoms with Gasteiger partial charge in [0.25, 0.3) is 0 Å². The molecule has 0 nitrogen and oxygen atoms in total. The average molecular weight is 433 g/mol. The van der Waals surface area contributed by atoms with Crippen LogP contribution in [0.5, 0.6) is 0 Å². The summed E-state index contributed by atoms with van der Waals surface area (Å²) in [6, 6.07) is 0. The van der Waals surface area contributed by atoms with E-state index in [1.165, 1.54) is 37.2 Å². The first kappa shape index (κ1) is 15.5. The first-order chi connectivity index (χ1) is 7.36. The standard InChI is InChI=1S/C14H15.2ClH.Hf/c1-2-6-11(5-1)14-9-12-7-3-4-8-13(12)10-14;;;/h1-5,7-9,12-14H,6,10H2;2*1H;/q;;;+2/p-2. The SMILES string of the molecule is [Cl-].[Cl-].[Hf+2][CH]1C(C2=CC=CC2)CC2C=CC=CC21. The Morgan fingerprint density at radius 1 is 1.06 bits per heavy atom. The quantitative estimate of drug-likeness (QED) is 0.405. The first-order valence-corrected chi connectivity index (χ1v) is 7.85. The second kappa shape index (κ2) is 6.54. The Bertz CT molecular complexity index is 382. The van der Waals surface area contributed by atoms with Crippen molar-refractivity contribution in [2.24, 2.45) is 17.8 Å². The maximum atomic E-state index is 2.45. The molecule has 0 N–H and O–H groups in total. The van der Waals surface area contributed by atoms with E-state index < -0.39 is 0 Å². The van der Waals surface area contributed by atoms with Crippen molar-refractivity contribution < 1.29 is 49.2 Å². The molecule has 3 heteroatoms. The van der Waals surface area contributed by atoms with Gasteiger partial charge in [0.05, 0.1) is 0 Å². The third-order valence-electron chi connectivity index (χ3n) is 3.95. The van der Waals surface area contributed by atoms with Crippen LogP contribution in [0.25, 0.3) is 0 Å². The molecule has 1 saturated carbocycles. The van der Waals surface area contributed by atoms with Gasteiger partial charge in [-0.05, 0) is 0 Å². The van der Waals surface area contributed by atoms with Crippen LogP contribution in [-0.4, -0.2) is 0 Å². The maximum absolute atomic E-state index is 2.45. The molecular formula is C14H15Cl2Hf. The van der Waals surface area contributed by atoms with Gasteiger partial charge in [0.15, 0.2) is 0 Å². The summed E-state index contributed by atoms with van der Waals surface area (Å²) in [5, 5.41) is 0. The molecule has 4 unspecified atom stereocenters. The van der Waals surface area contributed by atoms with Gasteiger partial charge >= 0.3 is 107 Å². The Balaban J connectivity index is 0.000000722. The Morgan fingerprint density at radius 3 is 2.47 bits per heavy atom. The second-order valence-electron chi connectivity index (χ2n) is 4.75. The molecule has 0 bridgehead atoms. The Kier molecular flexibility index (Phi) is 5.95. The second-order valence-corrected chi connectivity index (χ2v) is 7.15. The molecule has 0 aromatic heterocycles. The third kappa shape index (κ3) is 2.88. The van der Waals surface area contributed by atoms with Crippen LogP contribution in [-0.2, 0) is 24.4 Å². The number of rotatable bonds is 1. The zero-order chi connectivity index (χ0) is 10.3. The molecule has 0 amide bonds. The van der Waals surface area contributed by atoms with Crippen LogP contribution in [0.1, 0.15) is 12.8 Å².